The molecule has 176 valence electrons. The van der Waals surface area contributed by atoms with Gasteiger partial charge in [-0.3, -0.25) is 9.97 Å². The summed E-state index contributed by atoms with van der Waals surface area (Å²) in [4.78, 5) is 9.35. The third-order valence-corrected chi connectivity index (χ3v) is 6.80. The van der Waals surface area contributed by atoms with Gasteiger partial charge in [0.1, 0.15) is 11.5 Å². The predicted molar refractivity (Wildman–Crippen MR) is 146 cm³/mol. The molecule has 0 fully saturated rings. The van der Waals surface area contributed by atoms with Crippen molar-refractivity contribution < 1.29 is 4.74 Å². The molecule has 6 rings (SSSR count). The molecule has 3 heteroatoms. The molecular weight excluding hydrogens is 428 g/mol. The molecule has 3 nitrogen and oxygen atoms in total. The monoisotopic (exact) mass is 460 g/mol. The minimum atomic E-state index is 0.105. The van der Waals surface area contributed by atoms with Gasteiger partial charge in [-0.2, -0.15) is 0 Å². The first-order chi connectivity index (χ1) is 16.6. The van der Waals surface area contributed by atoms with E-state index in [4.69, 9.17) is 9.72 Å². The molecule has 1 aliphatic heterocycles. The molecule has 0 amide bonds. The minimum Gasteiger partial charge on any atom is -0.456 e. The van der Waals surface area contributed by atoms with Gasteiger partial charge in [0.05, 0.1) is 11.1 Å². The van der Waals surface area contributed by atoms with Crippen LogP contribution in [0, 0.1) is 10.8 Å². The lowest BCUT2D eigenvalue weighted by atomic mass is 9.83. The van der Waals surface area contributed by atoms with Crippen LogP contribution in [0.5, 0.6) is 11.5 Å². The van der Waals surface area contributed by atoms with Gasteiger partial charge in [-0.25, -0.2) is 0 Å². The Bertz CT molecular complexity index is 1630. The summed E-state index contributed by atoms with van der Waals surface area (Å²) in [6.07, 6.45) is 7.73. The Morgan fingerprint density at radius 1 is 0.743 bits per heavy atom. The topological polar surface area (TPSA) is 35.0 Å². The van der Waals surface area contributed by atoms with Gasteiger partial charge in [-0.05, 0) is 75.0 Å². The second-order valence-corrected chi connectivity index (χ2v) is 12.4. The van der Waals surface area contributed by atoms with Crippen molar-refractivity contribution in [1.82, 2.24) is 9.97 Å². The Labute approximate surface area is 207 Å². The van der Waals surface area contributed by atoms with Gasteiger partial charge in [0.15, 0.2) is 0 Å². The number of hydrogen-bond donors (Lipinski definition) is 0. The summed E-state index contributed by atoms with van der Waals surface area (Å²) in [6, 6.07) is 15.5. The Balaban J connectivity index is 1.65. The maximum Gasteiger partial charge on any atom is 0.140 e. The van der Waals surface area contributed by atoms with Gasteiger partial charge in [0.25, 0.3) is 0 Å². The van der Waals surface area contributed by atoms with Gasteiger partial charge in [-0.1, -0.05) is 59.7 Å². The SMILES string of the molecule is CC(C)(C)Cc1ccc2cc3c4c(nccc4c2c1)-c1cc2ccncc2c(CC(C)(C)C)c1O3. The van der Waals surface area contributed by atoms with E-state index in [0.29, 0.717) is 0 Å². The lowest BCUT2D eigenvalue weighted by molar-refractivity contribution is 0.400. The van der Waals surface area contributed by atoms with Gasteiger partial charge < -0.3 is 4.74 Å². The fourth-order valence-corrected chi connectivity index (χ4v) is 5.52. The van der Waals surface area contributed by atoms with Gasteiger partial charge >= 0.3 is 0 Å². The third kappa shape index (κ3) is 3.83. The molecule has 0 saturated carbocycles. The van der Waals surface area contributed by atoms with Gasteiger partial charge in [0.2, 0.25) is 0 Å². The summed E-state index contributed by atoms with van der Waals surface area (Å²) < 4.78 is 6.79. The molecule has 0 saturated heterocycles. The molecule has 1 aliphatic rings. The molecule has 0 unspecified atom stereocenters. The molecule has 3 aromatic carbocycles. The van der Waals surface area contributed by atoms with Crippen LogP contribution < -0.4 is 4.74 Å². The van der Waals surface area contributed by atoms with E-state index in [-0.39, 0.29) is 10.8 Å². The lowest BCUT2D eigenvalue weighted by Gasteiger charge is -2.27. The Morgan fingerprint density at radius 3 is 2.29 bits per heavy atom. The van der Waals surface area contributed by atoms with Crippen molar-refractivity contribution in [2.45, 2.75) is 54.4 Å². The van der Waals surface area contributed by atoms with Crippen LogP contribution in [0.1, 0.15) is 52.7 Å². The highest BCUT2D eigenvalue weighted by atomic mass is 16.5. The van der Waals surface area contributed by atoms with Crippen molar-refractivity contribution in [3.05, 3.63) is 72.2 Å². The summed E-state index contributed by atoms with van der Waals surface area (Å²) in [5.74, 6) is 1.82. The van der Waals surface area contributed by atoms with E-state index in [1.54, 1.807) is 0 Å². The van der Waals surface area contributed by atoms with E-state index in [0.717, 1.165) is 46.4 Å². The maximum atomic E-state index is 6.79. The Hall–Kier alpha value is -3.46. The van der Waals surface area contributed by atoms with Crippen LogP contribution in [-0.2, 0) is 12.8 Å². The number of hydrogen-bond acceptors (Lipinski definition) is 3. The second-order valence-electron chi connectivity index (χ2n) is 12.4. The van der Waals surface area contributed by atoms with Crippen LogP contribution in [0.25, 0.3) is 43.6 Å². The van der Waals surface area contributed by atoms with Crippen LogP contribution in [0.2, 0.25) is 0 Å². The number of aromatic nitrogens is 2. The molecule has 5 aromatic rings. The standard InChI is InChI=1S/C32H32N2O/c1-31(2,3)16-19-7-8-20-15-27-28-22(23(20)13-19)10-12-34-29(28)24-14-21-9-11-33-18-26(21)25(30(24)35-27)17-32(4,5)6/h7-15,18H,16-17H2,1-6H3. The number of fused-ring (bicyclic) bond motifs is 5. The average Bonchev–Trinajstić information content (AvgIpc) is 2.78. The highest BCUT2D eigenvalue weighted by molar-refractivity contribution is 6.16. The molecule has 0 N–H and O–H groups in total. The zero-order chi connectivity index (χ0) is 24.5. The lowest BCUT2D eigenvalue weighted by Crippen LogP contribution is -2.12. The minimum absolute atomic E-state index is 0.105. The van der Waals surface area contributed by atoms with Gasteiger partial charge in [-0.15, -0.1) is 0 Å². The molecule has 0 radical (unpaired) electrons. The van der Waals surface area contributed by atoms with Crippen LogP contribution in [0.3, 0.4) is 0 Å². The van der Waals surface area contributed by atoms with Crippen LogP contribution in [-0.4, -0.2) is 9.97 Å². The zero-order valence-electron chi connectivity index (χ0n) is 21.5. The molecule has 0 atom stereocenters. The molecule has 0 bridgehead atoms. The number of benzene rings is 3. The first kappa shape index (κ1) is 22.0. The average molecular weight is 461 g/mol. The number of pyridine rings is 2. The summed E-state index contributed by atoms with van der Waals surface area (Å²) in [5, 5.41) is 7.11. The van der Waals surface area contributed by atoms with E-state index >= 15 is 0 Å². The van der Waals surface area contributed by atoms with E-state index in [9.17, 15) is 0 Å². The number of rotatable bonds is 2. The number of ether oxygens (including phenoxy) is 1. The Morgan fingerprint density at radius 2 is 1.51 bits per heavy atom. The summed E-state index contributed by atoms with van der Waals surface area (Å²) in [6.45, 7) is 13.7. The van der Waals surface area contributed by atoms with E-state index in [1.165, 1.54) is 32.7 Å². The van der Waals surface area contributed by atoms with E-state index < -0.39 is 0 Å². The molecule has 3 heterocycles. The fraction of sp³-hybridized carbons (Fsp3) is 0.312. The predicted octanol–water partition coefficient (Wildman–Crippen LogP) is 8.89. The highest BCUT2D eigenvalue weighted by Crippen LogP contribution is 2.51. The molecule has 0 spiro atoms. The summed E-state index contributed by atoms with van der Waals surface area (Å²) >= 11 is 0. The van der Waals surface area contributed by atoms with Crippen molar-refractivity contribution in [2.75, 3.05) is 0 Å². The largest absolute Gasteiger partial charge is 0.456 e. The smallest absolute Gasteiger partial charge is 0.140 e. The normalized spacial score (nSPS) is 13.3. The number of nitrogens with zero attached hydrogens (tertiary/aromatic N) is 2. The first-order valence-electron chi connectivity index (χ1n) is 12.5. The molecule has 0 aliphatic carbocycles. The van der Waals surface area contributed by atoms with Crippen LogP contribution in [0.4, 0.5) is 0 Å². The van der Waals surface area contributed by atoms with Crippen molar-refractivity contribution in [1.29, 1.82) is 0 Å². The van der Waals surface area contributed by atoms with Crippen molar-refractivity contribution in [2.24, 2.45) is 10.8 Å². The third-order valence-electron chi connectivity index (χ3n) is 6.80. The van der Waals surface area contributed by atoms with Gasteiger partial charge in [0, 0.05) is 35.1 Å². The molecule has 2 aromatic heterocycles. The fourth-order valence-electron chi connectivity index (χ4n) is 5.52. The maximum absolute atomic E-state index is 6.79. The quantitative estimate of drug-likeness (QED) is 0.242. The summed E-state index contributed by atoms with van der Waals surface area (Å²) in [5.41, 5.74) is 5.00. The molecule has 35 heavy (non-hydrogen) atoms. The van der Waals surface area contributed by atoms with E-state index in [1.807, 2.05) is 18.6 Å². The molecular formula is C32H32N2O. The van der Waals surface area contributed by atoms with Crippen molar-refractivity contribution >= 4 is 32.3 Å². The highest BCUT2D eigenvalue weighted by Gasteiger charge is 2.28. The summed E-state index contributed by atoms with van der Waals surface area (Å²) in [7, 11) is 0. The zero-order valence-corrected chi connectivity index (χ0v) is 21.5. The van der Waals surface area contributed by atoms with Crippen molar-refractivity contribution in [3.63, 3.8) is 0 Å². The van der Waals surface area contributed by atoms with Crippen molar-refractivity contribution in [3.8, 4) is 22.8 Å². The van der Waals surface area contributed by atoms with Crippen LogP contribution in [0.15, 0.2) is 61.1 Å². The Kier molecular flexibility index (Phi) is 4.73. The van der Waals surface area contributed by atoms with E-state index in [2.05, 4.69) is 89.0 Å². The first-order valence-corrected chi connectivity index (χ1v) is 12.5. The van der Waals surface area contributed by atoms with Crippen LogP contribution >= 0.6 is 0 Å². The second kappa shape index (κ2) is 7.52.